The van der Waals surface area contributed by atoms with Crippen molar-refractivity contribution in [2.24, 2.45) is 5.73 Å². The first-order valence-corrected chi connectivity index (χ1v) is 8.53. The van der Waals surface area contributed by atoms with Crippen LogP contribution in [0.25, 0.3) is 0 Å². The van der Waals surface area contributed by atoms with E-state index < -0.39 is 0 Å². The molecule has 0 bridgehead atoms. The molecule has 2 aromatic rings. The molecule has 1 amide bonds. The highest BCUT2D eigenvalue weighted by Crippen LogP contribution is 2.37. The number of hydrogen-bond acceptors (Lipinski definition) is 3. The van der Waals surface area contributed by atoms with Gasteiger partial charge in [-0.25, -0.2) is 4.39 Å². The van der Waals surface area contributed by atoms with Crippen molar-refractivity contribution >= 4 is 30.1 Å². The summed E-state index contributed by atoms with van der Waals surface area (Å²) < 4.78 is 13.1. The summed E-state index contributed by atoms with van der Waals surface area (Å²) in [5.74, 6) is -0.207. The van der Waals surface area contributed by atoms with E-state index in [9.17, 15) is 9.18 Å². The number of carbonyl (C=O) groups is 1. The number of amides is 1. The van der Waals surface area contributed by atoms with Crippen LogP contribution >= 0.6 is 24.2 Å². The van der Waals surface area contributed by atoms with Crippen LogP contribution in [0.2, 0.25) is 0 Å². The molecule has 0 radical (unpaired) electrons. The molecule has 3 rings (SSSR count). The first-order valence-electron chi connectivity index (χ1n) is 7.65. The molecule has 0 aliphatic carbocycles. The molecule has 1 saturated heterocycles. The smallest absolute Gasteiger partial charge is 0.240 e. The maximum Gasteiger partial charge on any atom is 0.240 e. The van der Waals surface area contributed by atoms with Crippen molar-refractivity contribution in [3.8, 4) is 0 Å². The van der Waals surface area contributed by atoms with Gasteiger partial charge in [0.05, 0.1) is 0 Å². The second-order valence-electron chi connectivity index (χ2n) is 5.70. The first-order chi connectivity index (χ1) is 11.1. The van der Waals surface area contributed by atoms with Gasteiger partial charge in [0, 0.05) is 24.0 Å². The van der Waals surface area contributed by atoms with Crippen LogP contribution < -0.4 is 5.73 Å². The molecule has 2 atom stereocenters. The average Bonchev–Trinajstić information content (AvgIpc) is 3.01. The average molecular weight is 367 g/mol. The zero-order valence-corrected chi connectivity index (χ0v) is 14.7. The van der Waals surface area contributed by atoms with Crippen molar-refractivity contribution in [3.05, 3.63) is 66.0 Å². The third-order valence-corrected chi connectivity index (χ3v) is 5.18. The number of nitrogens with two attached hydrogens (primary N) is 1. The van der Waals surface area contributed by atoms with E-state index >= 15 is 0 Å². The highest BCUT2D eigenvalue weighted by atomic mass is 35.5. The Morgan fingerprint density at radius 3 is 2.42 bits per heavy atom. The largest absolute Gasteiger partial charge is 0.340 e. The minimum absolute atomic E-state index is 0. The highest BCUT2D eigenvalue weighted by molar-refractivity contribution is 8.00. The maximum atomic E-state index is 13.1. The Morgan fingerprint density at radius 1 is 1.17 bits per heavy atom. The van der Waals surface area contributed by atoms with E-state index in [1.54, 1.807) is 12.1 Å². The van der Waals surface area contributed by atoms with E-state index in [0.29, 0.717) is 13.1 Å². The van der Waals surface area contributed by atoms with Crippen LogP contribution in [0.4, 0.5) is 4.39 Å². The molecule has 1 aliphatic heterocycles. The van der Waals surface area contributed by atoms with Crippen molar-refractivity contribution < 1.29 is 9.18 Å². The molecular weight excluding hydrogens is 347 g/mol. The number of thioether (sulfide) groups is 1. The summed E-state index contributed by atoms with van der Waals surface area (Å²) in [5.41, 5.74) is 6.88. The zero-order chi connectivity index (χ0) is 16.2. The van der Waals surface area contributed by atoms with Gasteiger partial charge in [-0.1, -0.05) is 30.3 Å². The Morgan fingerprint density at radius 2 is 1.83 bits per heavy atom. The summed E-state index contributed by atoms with van der Waals surface area (Å²) in [6.45, 7) is 1.31. The highest BCUT2D eigenvalue weighted by Gasteiger charge is 2.31. The van der Waals surface area contributed by atoms with Gasteiger partial charge in [-0.05, 0) is 36.2 Å². The number of halogens is 2. The Hall–Kier alpha value is -1.56. The Balaban J connectivity index is 0.00000208. The predicted molar refractivity (Wildman–Crippen MR) is 97.9 cm³/mol. The number of likely N-dealkylation sites (tertiary alicyclic amines) is 1. The lowest BCUT2D eigenvalue weighted by Crippen LogP contribution is -2.34. The van der Waals surface area contributed by atoms with Crippen LogP contribution in [0.3, 0.4) is 0 Å². The number of hydrogen-bond donors (Lipinski definition) is 1. The summed E-state index contributed by atoms with van der Waals surface area (Å²) in [4.78, 5) is 15.6. The number of carbonyl (C=O) groups excluding carboxylic acids is 1. The van der Waals surface area contributed by atoms with Gasteiger partial charge >= 0.3 is 0 Å². The maximum absolute atomic E-state index is 13.1. The summed E-state index contributed by atoms with van der Waals surface area (Å²) in [6.07, 6.45) is 0.842. The molecular formula is C18H20ClFN2OS. The lowest BCUT2D eigenvalue weighted by atomic mass is 10.1. The third kappa shape index (κ3) is 4.50. The second kappa shape index (κ2) is 8.51. The molecule has 1 unspecified atom stereocenters. The summed E-state index contributed by atoms with van der Waals surface area (Å²) >= 11 is 1.45. The van der Waals surface area contributed by atoms with Crippen LogP contribution in [-0.4, -0.2) is 29.9 Å². The van der Waals surface area contributed by atoms with E-state index in [-0.39, 0.29) is 35.4 Å². The van der Waals surface area contributed by atoms with Crippen molar-refractivity contribution in [2.75, 3.05) is 13.1 Å². The van der Waals surface area contributed by atoms with E-state index in [1.165, 1.54) is 23.9 Å². The van der Waals surface area contributed by atoms with Gasteiger partial charge in [-0.3, -0.25) is 4.79 Å². The molecule has 1 heterocycles. The molecule has 128 valence electrons. The fourth-order valence-electron chi connectivity index (χ4n) is 2.69. The number of rotatable bonds is 4. The molecule has 0 spiro atoms. The molecule has 0 saturated carbocycles. The van der Waals surface area contributed by atoms with Gasteiger partial charge in [0.25, 0.3) is 0 Å². The standard InChI is InChI=1S/C18H19FN2OS.ClH/c19-14-6-8-16(9-7-14)23-17(13-4-2-1-3-5-13)18(22)21-11-10-15(20)12-21;/h1-9,15,17H,10-12,20H2;1H/t15-,17?;/m1./s1. The van der Waals surface area contributed by atoms with E-state index in [0.717, 1.165) is 16.9 Å². The van der Waals surface area contributed by atoms with Crippen LogP contribution in [0.15, 0.2) is 59.5 Å². The van der Waals surface area contributed by atoms with Crippen LogP contribution in [0.5, 0.6) is 0 Å². The van der Waals surface area contributed by atoms with Gasteiger partial charge in [0.2, 0.25) is 5.91 Å². The van der Waals surface area contributed by atoms with Crippen LogP contribution in [0, 0.1) is 5.82 Å². The Kier molecular flexibility index (Phi) is 6.66. The van der Waals surface area contributed by atoms with Gasteiger partial charge in [-0.15, -0.1) is 24.2 Å². The van der Waals surface area contributed by atoms with Crippen molar-refractivity contribution in [2.45, 2.75) is 22.6 Å². The minimum Gasteiger partial charge on any atom is -0.340 e. The third-order valence-electron chi connectivity index (χ3n) is 3.93. The van der Waals surface area contributed by atoms with Crippen LogP contribution in [0.1, 0.15) is 17.2 Å². The summed E-state index contributed by atoms with van der Waals surface area (Å²) in [5, 5.41) is -0.341. The first kappa shape index (κ1) is 18.8. The van der Waals surface area contributed by atoms with Gasteiger partial charge < -0.3 is 10.6 Å². The molecule has 3 nitrogen and oxygen atoms in total. The monoisotopic (exact) mass is 366 g/mol. The van der Waals surface area contributed by atoms with Crippen LogP contribution in [-0.2, 0) is 4.79 Å². The quantitative estimate of drug-likeness (QED) is 0.840. The van der Waals surface area contributed by atoms with Crippen molar-refractivity contribution in [1.29, 1.82) is 0 Å². The normalized spacial score (nSPS) is 18.1. The lowest BCUT2D eigenvalue weighted by Gasteiger charge is -2.23. The summed E-state index contributed by atoms with van der Waals surface area (Å²) in [7, 11) is 0. The second-order valence-corrected chi connectivity index (χ2v) is 6.87. The molecule has 1 aliphatic rings. The van der Waals surface area contributed by atoms with Gasteiger partial charge in [0.1, 0.15) is 11.1 Å². The number of benzene rings is 2. The van der Waals surface area contributed by atoms with Crippen molar-refractivity contribution in [3.63, 3.8) is 0 Å². The predicted octanol–water partition coefficient (Wildman–Crippen LogP) is 3.64. The van der Waals surface area contributed by atoms with Gasteiger partial charge in [-0.2, -0.15) is 0 Å². The molecule has 1 fully saturated rings. The van der Waals surface area contributed by atoms with Gasteiger partial charge in [0.15, 0.2) is 0 Å². The fraction of sp³-hybridized carbons (Fsp3) is 0.278. The molecule has 24 heavy (non-hydrogen) atoms. The van der Waals surface area contributed by atoms with E-state index in [2.05, 4.69) is 0 Å². The molecule has 6 heteroatoms. The fourth-order valence-corrected chi connectivity index (χ4v) is 3.80. The molecule has 2 aromatic carbocycles. The Bertz CT molecular complexity index is 668. The molecule has 2 N–H and O–H groups in total. The zero-order valence-electron chi connectivity index (χ0n) is 13.1. The van der Waals surface area contributed by atoms with E-state index in [4.69, 9.17) is 5.73 Å². The Labute approximate surface area is 151 Å². The lowest BCUT2D eigenvalue weighted by molar-refractivity contribution is -0.129. The topological polar surface area (TPSA) is 46.3 Å². The van der Waals surface area contributed by atoms with E-state index in [1.807, 2.05) is 35.2 Å². The minimum atomic E-state index is -0.341. The van der Waals surface area contributed by atoms with Crippen molar-refractivity contribution in [1.82, 2.24) is 4.90 Å². The number of nitrogens with zero attached hydrogens (tertiary/aromatic N) is 1. The molecule has 0 aromatic heterocycles. The summed E-state index contributed by atoms with van der Waals surface area (Å²) in [6, 6.07) is 16.0. The SMILES string of the molecule is Cl.N[C@@H]1CCN(C(=O)C(Sc2ccc(F)cc2)c2ccccc2)C1.